The number of hydrogen-bond donors (Lipinski definition) is 0. The van der Waals surface area contributed by atoms with Crippen LogP contribution in [-0.2, 0) is 53.7 Å². The molecule has 0 heterocycles. The van der Waals surface area contributed by atoms with Gasteiger partial charge in [-0.1, -0.05) is 131 Å². The molecule has 0 N–H and O–H groups in total. The standard InChI is InChI=1S/C51H96O10Si4/c1-40(2)65(41(3)4,42(5)6)61-35-49-25-24-45(51(49,34-52)60-39-56-33-43-21-19-18-20-22-43)50(47(49)58-37-54-28-31-63(12,13)14)26-23-44(46(50)57-36-53-27-30-62(9,10)11)48(7,8)59-38-55-29-32-64(15,16)17/h18-22,34,40-42,44-47H,23-33,35-39H2,1-17H3/t44-,45+,46+,47+,49+,50+,51-/m1/s1. The fourth-order valence-corrected chi connectivity index (χ4v) is 19.9. The van der Waals surface area contributed by atoms with Gasteiger partial charge in [0, 0.05) is 67.9 Å². The zero-order valence-corrected chi connectivity index (χ0v) is 48.4. The van der Waals surface area contributed by atoms with Crippen LogP contribution in [0.25, 0.3) is 0 Å². The summed E-state index contributed by atoms with van der Waals surface area (Å²) < 4.78 is 61.5. The van der Waals surface area contributed by atoms with Crippen LogP contribution in [0.4, 0.5) is 0 Å². The number of ether oxygens (including phenoxy) is 8. The molecule has 1 aromatic carbocycles. The number of aldehydes is 1. The lowest BCUT2D eigenvalue weighted by atomic mass is 9.63. The average Bonchev–Trinajstić information content (AvgIpc) is 3.78. The molecule has 3 aliphatic rings. The number of carbonyl (C=O) groups is 1. The highest BCUT2D eigenvalue weighted by Crippen LogP contribution is 2.75. The summed E-state index contributed by atoms with van der Waals surface area (Å²) in [5, 5.41) is 0. The molecule has 0 amide bonds. The van der Waals surface area contributed by atoms with Crippen LogP contribution in [0, 0.1) is 22.7 Å². The lowest BCUT2D eigenvalue weighted by Gasteiger charge is -2.51. The lowest BCUT2D eigenvalue weighted by molar-refractivity contribution is -0.236. The van der Waals surface area contributed by atoms with Crippen molar-refractivity contribution in [1.82, 2.24) is 0 Å². The fourth-order valence-electron chi connectivity index (χ4n) is 12.1. The largest absolute Gasteiger partial charge is 0.415 e. The lowest BCUT2D eigenvalue weighted by Crippen LogP contribution is -2.59. The quantitative estimate of drug-likeness (QED) is 0.0309. The maximum absolute atomic E-state index is 14.6. The first-order valence-electron chi connectivity index (χ1n) is 25.2. The minimum atomic E-state index is -2.45. The average molecular weight is 982 g/mol. The molecule has 2 bridgehead atoms. The van der Waals surface area contributed by atoms with Crippen LogP contribution in [0.2, 0.25) is 93.7 Å². The van der Waals surface area contributed by atoms with Crippen molar-refractivity contribution in [3.05, 3.63) is 35.9 Å². The summed E-state index contributed by atoms with van der Waals surface area (Å²) in [7, 11) is -6.43. The normalized spacial score (nSPS) is 27.6. The van der Waals surface area contributed by atoms with Crippen LogP contribution in [0.15, 0.2) is 30.3 Å². The number of carbonyl (C=O) groups excluding carboxylic acids is 1. The van der Waals surface area contributed by atoms with Crippen LogP contribution >= 0.6 is 0 Å². The van der Waals surface area contributed by atoms with Crippen molar-refractivity contribution in [2.45, 2.75) is 205 Å². The van der Waals surface area contributed by atoms with Gasteiger partial charge >= 0.3 is 0 Å². The molecule has 0 aromatic heterocycles. The Labute approximate surface area is 401 Å². The van der Waals surface area contributed by atoms with Gasteiger partial charge < -0.3 is 47.1 Å². The zero-order valence-electron chi connectivity index (χ0n) is 44.4. The molecule has 1 spiro atoms. The van der Waals surface area contributed by atoms with Gasteiger partial charge in [0.25, 0.3) is 0 Å². The molecule has 3 saturated carbocycles. The second kappa shape index (κ2) is 23.5. The second-order valence-corrected chi connectivity index (χ2v) is 47.3. The Balaban J connectivity index is 1.86. The van der Waals surface area contributed by atoms with Crippen molar-refractivity contribution in [2.75, 3.05) is 53.6 Å². The zero-order chi connectivity index (χ0) is 48.5. The number of hydrogen-bond acceptors (Lipinski definition) is 10. The number of fused-ring (bicyclic) bond motifs is 3. The molecule has 0 unspecified atom stereocenters. The molecule has 7 atom stereocenters. The third kappa shape index (κ3) is 13.6. The molecule has 1 aromatic rings. The first-order chi connectivity index (χ1) is 30.2. The van der Waals surface area contributed by atoms with Crippen LogP contribution in [-0.4, -0.2) is 116 Å². The minimum Gasteiger partial charge on any atom is -0.415 e. The third-order valence-electron chi connectivity index (χ3n) is 15.6. The van der Waals surface area contributed by atoms with Crippen LogP contribution in [0.3, 0.4) is 0 Å². The predicted molar refractivity (Wildman–Crippen MR) is 275 cm³/mol. The van der Waals surface area contributed by atoms with E-state index in [1.165, 1.54) is 0 Å². The van der Waals surface area contributed by atoms with Crippen molar-refractivity contribution in [3.8, 4) is 0 Å². The molecule has 10 nitrogen and oxygen atoms in total. The molecule has 4 rings (SSSR count). The molecule has 0 radical (unpaired) electrons. The minimum absolute atomic E-state index is 0.0410. The fraction of sp³-hybridized carbons (Fsp3) is 0.863. The Hall–Kier alpha value is -0.602. The summed E-state index contributed by atoms with van der Waals surface area (Å²) in [4.78, 5) is 14.6. The maximum Gasteiger partial charge on any atom is 0.200 e. The van der Waals surface area contributed by atoms with Gasteiger partial charge in [0.15, 0.2) is 14.6 Å². The van der Waals surface area contributed by atoms with Crippen molar-refractivity contribution in [1.29, 1.82) is 0 Å². The van der Waals surface area contributed by atoms with Gasteiger partial charge in [0.2, 0.25) is 0 Å². The first-order valence-corrected chi connectivity index (χ1v) is 38.5. The summed E-state index contributed by atoms with van der Waals surface area (Å²) >= 11 is 0. The number of benzene rings is 1. The molecule has 3 fully saturated rings. The van der Waals surface area contributed by atoms with E-state index >= 15 is 0 Å². The Kier molecular flexibility index (Phi) is 20.6. The van der Waals surface area contributed by atoms with E-state index in [9.17, 15) is 4.79 Å². The first kappa shape index (κ1) is 57.0. The molecular weight excluding hydrogens is 885 g/mol. The summed E-state index contributed by atoms with van der Waals surface area (Å²) in [6.07, 6.45) is 3.29. The summed E-state index contributed by atoms with van der Waals surface area (Å²) in [6.45, 7) is 42.7. The van der Waals surface area contributed by atoms with Gasteiger partial charge in [-0.2, -0.15) is 0 Å². The van der Waals surface area contributed by atoms with Crippen LogP contribution in [0.5, 0.6) is 0 Å². The van der Waals surface area contributed by atoms with E-state index in [1.54, 1.807) is 0 Å². The van der Waals surface area contributed by atoms with Gasteiger partial charge in [0.05, 0.1) is 29.8 Å². The monoisotopic (exact) mass is 981 g/mol. The van der Waals surface area contributed by atoms with Gasteiger partial charge in [0.1, 0.15) is 32.8 Å². The number of rotatable bonds is 31. The Morgan fingerprint density at radius 2 is 1.20 bits per heavy atom. The van der Waals surface area contributed by atoms with E-state index in [4.69, 9.17) is 42.3 Å². The SMILES string of the molecule is CC(C)[Si](OC[C@@]12CC[C@@H]([C@]3(CC[C@@H](C(C)(C)OCOCC[Si](C)(C)C)[C@@H]3OCOCC[Si](C)(C)C)[C@H]1OCOCC[Si](C)(C)C)[C@@]2(C=O)OCOCc1ccccc1)(C(C)C)C(C)C. The Morgan fingerprint density at radius 3 is 1.71 bits per heavy atom. The van der Waals surface area contributed by atoms with E-state index in [0.29, 0.717) is 56.1 Å². The van der Waals surface area contributed by atoms with Crippen molar-refractivity contribution in [3.63, 3.8) is 0 Å². The van der Waals surface area contributed by atoms with Crippen LogP contribution in [0.1, 0.15) is 86.6 Å². The van der Waals surface area contributed by atoms with E-state index in [1.807, 2.05) is 30.3 Å². The second-order valence-electron chi connectivity index (χ2n) is 25.0. The van der Waals surface area contributed by atoms with Crippen molar-refractivity contribution < 1.29 is 47.1 Å². The molecule has 14 heteroatoms. The van der Waals surface area contributed by atoms with Crippen LogP contribution < -0.4 is 0 Å². The molecular formula is C51H96O10Si4. The van der Waals surface area contributed by atoms with Gasteiger partial charge in [-0.15, -0.1) is 0 Å². The van der Waals surface area contributed by atoms with Crippen molar-refractivity contribution >= 4 is 38.8 Å². The van der Waals surface area contributed by atoms with E-state index in [-0.39, 0.29) is 45.1 Å². The molecule has 65 heavy (non-hydrogen) atoms. The summed E-state index contributed by atoms with van der Waals surface area (Å²) in [6, 6.07) is 13.3. The molecule has 376 valence electrons. The highest BCUT2D eigenvalue weighted by molar-refractivity contribution is 6.78. The van der Waals surface area contributed by atoms with Gasteiger partial charge in [-0.3, -0.25) is 0 Å². The van der Waals surface area contributed by atoms with Gasteiger partial charge in [-0.05, 0) is 79.9 Å². The van der Waals surface area contributed by atoms with E-state index < -0.39 is 60.7 Å². The predicted octanol–water partition coefficient (Wildman–Crippen LogP) is 12.6. The maximum atomic E-state index is 14.6. The topological polar surface area (TPSA) is 100 Å². The molecule has 0 aliphatic heterocycles. The summed E-state index contributed by atoms with van der Waals surface area (Å²) in [5.41, 5.74) is -1.33. The van der Waals surface area contributed by atoms with E-state index in [2.05, 4.69) is 114 Å². The highest BCUT2D eigenvalue weighted by atomic mass is 28.4. The van der Waals surface area contributed by atoms with Crippen molar-refractivity contribution in [2.24, 2.45) is 22.7 Å². The Morgan fingerprint density at radius 1 is 0.677 bits per heavy atom. The smallest absolute Gasteiger partial charge is 0.200 e. The summed E-state index contributed by atoms with van der Waals surface area (Å²) in [5.74, 6) is -0.313. The highest BCUT2D eigenvalue weighted by Gasteiger charge is 2.83. The third-order valence-corrected chi connectivity index (χ3v) is 26.8. The van der Waals surface area contributed by atoms with Gasteiger partial charge in [-0.25, -0.2) is 0 Å². The van der Waals surface area contributed by atoms with E-state index in [0.717, 1.165) is 49.2 Å². The molecule has 0 saturated heterocycles. The Bertz CT molecular complexity index is 1550. The molecule has 3 aliphatic carbocycles.